The van der Waals surface area contributed by atoms with Gasteiger partial charge in [-0.2, -0.15) is 0 Å². The van der Waals surface area contributed by atoms with Crippen molar-refractivity contribution in [2.75, 3.05) is 5.75 Å². The predicted octanol–water partition coefficient (Wildman–Crippen LogP) is 6.69. The molecule has 0 aliphatic heterocycles. The molecule has 1 N–H and O–H groups in total. The van der Waals surface area contributed by atoms with Gasteiger partial charge in [0.25, 0.3) is 5.69 Å². The highest BCUT2D eigenvalue weighted by molar-refractivity contribution is 7.99. The highest BCUT2D eigenvalue weighted by Gasteiger charge is 2.31. The molecule has 0 saturated heterocycles. The number of amides is 2. The summed E-state index contributed by atoms with van der Waals surface area (Å²) in [4.78, 5) is 39.3. The zero-order valence-electron chi connectivity index (χ0n) is 21.8. The summed E-state index contributed by atoms with van der Waals surface area (Å²) in [7, 11) is 0. The predicted molar refractivity (Wildman–Crippen MR) is 158 cm³/mol. The first-order chi connectivity index (χ1) is 18.7. The van der Waals surface area contributed by atoms with Gasteiger partial charge in [-0.15, -0.1) is 11.8 Å². The number of halogens is 2. The Hall–Kier alpha value is -3.07. The van der Waals surface area contributed by atoms with Gasteiger partial charge in [-0.3, -0.25) is 19.7 Å². The molecular formula is C29H31Cl2N3O4S. The molecule has 3 rings (SSSR count). The largest absolute Gasteiger partial charge is 0.352 e. The van der Waals surface area contributed by atoms with Crippen LogP contribution in [0.25, 0.3) is 0 Å². The van der Waals surface area contributed by atoms with Crippen molar-refractivity contribution < 1.29 is 14.5 Å². The second kappa shape index (κ2) is 14.9. The van der Waals surface area contributed by atoms with Gasteiger partial charge in [-0.05, 0) is 36.6 Å². The van der Waals surface area contributed by atoms with Crippen LogP contribution in [0.2, 0.25) is 10.0 Å². The van der Waals surface area contributed by atoms with E-state index in [0.29, 0.717) is 27.8 Å². The highest BCUT2D eigenvalue weighted by atomic mass is 35.5. The third-order valence-corrected chi connectivity index (χ3v) is 8.00. The van der Waals surface area contributed by atoms with E-state index in [4.69, 9.17) is 23.2 Å². The number of thioether (sulfide) groups is 1. The van der Waals surface area contributed by atoms with Gasteiger partial charge in [-0.25, -0.2) is 0 Å². The highest BCUT2D eigenvalue weighted by Crippen LogP contribution is 2.28. The molecule has 10 heteroatoms. The average Bonchev–Trinajstić information content (AvgIpc) is 2.92. The monoisotopic (exact) mass is 587 g/mol. The molecule has 0 unspecified atom stereocenters. The summed E-state index contributed by atoms with van der Waals surface area (Å²) in [6.45, 7) is 3.98. The summed E-state index contributed by atoms with van der Waals surface area (Å²) in [5.41, 5.74) is 2.36. The van der Waals surface area contributed by atoms with Crippen molar-refractivity contribution in [3.63, 3.8) is 0 Å². The molecule has 7 nitrogen and oxygen atoms in total. The van der Waals surface area contributed by atoms with E-state index in [0.717, 1.165) is 17.5 Å². The van der Waals surface area contributed by atoms with Crippen LogP contribution >= 0.6 is 35.0 Å². The van der Waals surface area contributed by atoms with Crippen LogP contribution in [-0.2, 0) is 28.3 Å². The molecule has 0 saturated carbocycles. The Balaban J connectivity index is 1.88. The van der Waals surface area contributed by atoms with E-state index in [9.17, 15) is 19.7 Å². The van der Waals surface area contributed by atoms with E-state index in [1.807, 2.05) is 44.2 Å². The van der Waals surface area contributed by atoms with Crippen molar-refractivity contribution in [3.05, 3.63) is 110 Å². The summed E-state index contributed by atoms with van der Waals surface area (Å²) in [6.07, 6.45) is 1.07. The van der Waals surface area contributed by atoms with Crippen LogP contribution in [0.1, 0.15) is 37.0 Å². The molecule has 0 spiro atoms. The van der Waals surface area contributed by atoms with Crippen LogP contribution in [0.5, 0.6) is 0 Å². The lowest BCUT2D eigenvalue weighted by molar-refractivity contribution is -0.384. The topological polar surface area (TPSA) is 92.6 Å². The van der Waals surface area contributed by atoms with E-state index in [2.05, 4.69) is 5.32 Å². The van der Waals surface area contributed by atoms with Crippen molar-refractivity contribution in [1.82, 2.24) is 10.2 Å². The van der Waals surface area contributed by atoms with E-state index >= 15 is 0 Å². The van der Waals surface area contributed by atoms with Crippen molar-refractivity contribution >= 4 is 52.5 Å². The Bertz CT molecular complexity index is 1260. The van der Waals surface area contributed by atoms with Gasteiger partial charge in [0.05, 0.1) is 10.7 Å². The molecule has 0 aliphatic rings. The molecule has 3 aromatic rings. The molecule has 2 amide bonds. The number of nitrogens with one attached hydrogen (secondary N) is 1. The van der Waals surface area contributed by atoms with Crippen molar-refractivity contribution in [1.29, 1.82) is 0 Å². The smallest absolute Gasteiger partial charge is 0.269 e. The minimum Gasteiger partial charge on any atom is -0.352 e. The molecule has 0 aromatic heterocycles. The lowest BCUT2D eigenvalue weighted by atomic mass is 10.0. The fraction of sp³-hybridized carbons (Fsp3) is 0.310. The van der Waals surface area contributed by atoms with Crippen LogP contribution in [0.15, 0.2) is 72.8 Å². The number of nitro benzene ring substituents is 1. The Kier molecular flexibility index (Phi) is 11.7. The lowest BCUT2D eigenvalue weighted by Gasteiger charge is -2.32. The first-order valence-corrected chi connectivity index (χ1v) is 14.5. The number of hydrogen-bond acceptors (Lipinski definition) is 5. The molecular weight excluding hydrogens is 557 g/mol. The Morgan fingerprint density at radius 2 is 1.62 bits per heavy atom. The number of non-ortho nitro benzene ring substituents is 1. The molecule has 2 atom stereocenters. The fourth-order valence-corrected chi connectivity index (χ4v) is 5.29. The molecule has 0 fully saturated rings. The Morgan fingerprint density at radius 3 is 2.21 bits per heavy atom. The van der Waals surface area contributed by atoms with Crippen LogP contribution in [0.3, 0.4) is 0 Å². The summed E-state index contributed by atoms with van der Waals surface area (Å²) < 4.78 is 0. The number of benzene rings is 3. The van der Waals surface area contributed by atoms with Crippen LogP contribution in [0.4, 0.5) is 5.69 Å². The molecule has 206 valence electrons. The molecule has 3 aromatic carbocycles. The Labute approximate surface area is 243 Å². The van der Waals surface area contributed by atoms with Crippen molar-refractivity contribution in [3.8, 4) is 0 Å². The SMILES string of the molecule is CC[C@@H](C)NC(=O)[C@@H](Cc1ccccc1)N(Cc1c(Cl)cccc1Cl)C(=O)CSCc1ccc([N+](=O)[O-])cc1. The van der Waals surface area contributed by atoms with Gasteiger partial charge < -0.3 is 10.2 Å². The third-order valence-electron chi connectivity index (χ3n) is 6.30. The summed E-state index contributed by atoms with van der Waals surface area (Å²) in [6, 6.07) is 20.1. The van der Waals surface area contributed by atoms with Gasteiger partial charge in [-0.1, -0.05) is 78.7 Å². The van der Waals surface area contributed by atoms with Gasteiger partial charge in [0.15, 0.2) is 0 Å². The number of carbonyl (C=O) groups excluding carboxylic acids is 2. The first kappa shape index (κ1) is 30.5. The van der Waals surface area contributed by atoms with Crippen LogP contribution in [0, 0.1) is 10.1 Å². The van der Waals surface area contributed by atoms with Gasteiger partial charge in [0.2, 0.25) is 11.8 Å². The molecule has 0 aliphatic carbocycles. The number of hydrogen-bond donors (Lipinski definition) is 1. The first-order valence-electron chi connectivity index (χ1n) is 12.6. The fourth-order valence-electron chi connectivity index (χ4n) is 3.90. The van der Waals surface area contributed by atoms with Gasteiger partial charge in [0, 0.05) is 52.5 Å². The lowest BCUT2D eigenvalue weighted by Crippen LogP contribution is -2.52. The minimum atomic E-state index is -0.791. The zero-order valence-corrected chi connectivity index (χ0v) is 24.1. The van der Waals surface area contributed by atoms with E-state index in [1.165, 1.54) is 23.9 Å². The number of nitrogens with zero attached hydrogens (tertiary/aromatic N) is 2. The summed E-state index contributed by atoms with van der Waals surface area (Å²) in [5.74, 6) is 0.0941. The van der Waals surface area contributed by atoms with Crippen molar-refractivity contribution in [2.45, 2.75) is 51.1 Å². The van der Waals surface area contributed by atoms with Gasteiger partial charge in [0.1, 0.15) is 6.04 Å². The Morgan fingerprint density at radius 1 is 0.974 bits per heavy atom. The average molecular weight is 589 g/mol. The maximum atomic E-state index is 13.7. The second-order valence-electron chi connectivity index (χ2n) is 9.16. The standard InChI is InChI=1S/C29H31Cl2N3O4S/c1-3-20(2)32-29(36)27(16-21-8-5-4-6-9-21)33(17-24-25(30)10-7-11-26(24)31)28(35)19-39-18-22-12-14-23(15-13-22)34(37)38/h4-15,20,27H,3,16-19H2,1-2H3,(H,32,36)/t20-,27-/m1/s1. The molecule has 0 heterocycles. The number of nitro groups is 1. The quantitative estimate of drug-likeness (QED) is 0.177. The van der Waals surface area contributed by atoms with E-state index in [1.54, 1.807) is 35.2 Å². The minimum absolute atomic E-state index is 0.0127. The van der Waals surface area contributed by atoms with Gasteiger partial charge >= 0.3 is 0 Å². The third kappa shape index (κ3) is 8.98. The maximum Gasteiger partial charge on any atom is 0.269 e. The number of rotatable bonds is 13. The molecule has 0 radical (unpaired) electrons. The maximum absolute atomic E-state index is 13.7. The normalized spacial score (nSPS) is 12.4. The summed E-state index contributed by atoms with van der Waals surface area (Å²) >= 11 is 14.3. The van der Waals surface area contributed by atoms with Crippen LogP contribution < -0.4 is 5.32 Å². The van der Waals surface area contributed by atoms with Crippen molar-refractivity contribution in [2.24, 2.45) is 0 Å². The molecule has 0 bridgehead atoms. The second-order valence-corrected chi connectivity index (χ2v) is 11.0. The zero-order chi connectivity index (χ0) is 28.4. The number of carbonyl (C=O) groups is 2. The van der Waals surface area contributed by atoms with Crippen LogP contribution in [-0.4, -0.2) is 39.5 Å². The summed E-state index contributed by atoms with van der Waals surface area (Å²) in [5, 5.41) is 14.8. The molecule has 39 heavy (non-hydrogen) atoms. The van der Waals surface area contributed by atoms with E-state index in [-0.39, 0.29) is 35.8 Å². The van der Waals surface area contributed by atoms with E-state index < -0.39 is 11.0 Å².